The monoisotopic (exact) mass is 300 g/mol. The fourth-order valence-electron chi connectivity index (χ4n) is 1.49. The minimum atomic E-state index is -1.19. The van der Waals surface area contributed by atoms with E-state index in [4.69, 9.17) is 22.1 Å². The van der Waals surface area contributed by atoms with Crippen molar-refractivity contribution < 1.29 is 14.6 Å². The molecular weight excluding hydrogens is 280 g/mol. The Hall–Kier alpha value is -1.30. The number of nitrogens with two attached hydrogens (primary N) is 1. The van der Waals surface area contributed by atoms with Crippen LogP contribution in [-0.4, -0.2) is 23.3 Å². The van der Waals surface area contributed by atoms with Gasteiger partial charge in [0.05, 0.1) is 16.3 Å². The first kappa shape index (κ1) is 16.8. The second-order valence-electron chi connectivity index (χ2n) is 5.80. The minimum Gasteiger partial charge on any atom is -0.444 e. The standard InChI is InChI=1S/C14H21ClN2O3/c1-13(2,3)20-12(18)17-11-7-9(5-6-10(11)15)14(4,19)8-16/h5-7,19H,8,16H2,1-4H3,(H,17,18). The molecule has 5 nitrogen and oxygen atoms in total. The van der Waals surface area contributed by atoms with Crippen molar-refractivity contribution in [2.75, 3.05) is 11.9 Å². The number of ether oxygens (including phenoxy) is 1. The van der Waals surface area contributed by atoms with Gasteiger partial charge >= 0.3 is 6.09 Å². The van der Waals surface area contributed by atoms with E-state index in [1.807, 2.05) is 0 Å². The maximum Gasteiger partial charge on any atom is 0.412 e. The average molecular weight is 301 g/mol. The SMILES string of the molecule is CC(C)(C)OC(=O)Nc1cc(C(C)(O)CN)ccc1Cl. The number of carbonyl (C=O) groups excluding carboxylic acids is 1. The molecule has 0 spiro atoms. The molecule has 1 aromatic rings. The third kappa shape index (κ3) is 4.67. The molecule has 0 aliphatic heterocycles. The van der Waals surface area contributed by atoms with Gasteiger partial charge in [-0.3, -0.25) is 5.32 Å². The Labute approximate surface area is 124 Å². The summed E-state index contributed by atoms with van der Waals surface area (Å²) in [5, 5.41) is 13.0. The lowest BCUT2D eigenvalue weighted by Crippen LogP contribution is -2.31. The Morgan fingerprint density at radius 3 is 2.50 bits per heavy atom. The number of hydrogen-bond acceptors (Lipinski definition) is 4. The highest BCUT2D eigenvalue weighted by atomic mass is 35.5. The van der Waals surface area contributed by atoms with Crippen molar-refractivity contribution in [2.24, 2.45) is 5.73 Å². The van der Waals surface area contributed by atoms with Gasteiger partial charge in [-0.25, -0.2) is 4.79 Å². The van der Waals surface area contributed by atoms with Gasteiger partial charge in [-0.15, -0.1) is 0 Å². The Balaban J connectivity index is 2.96. The average Bonchev–Trinajstić information content (AvgIpc) is 2.29. The van der Waals surface area contributed by atoms with Crippen LogP contribution in [0.2, 0.25) is 5.02 Å². The molecule has 0 bridgehead atoms. The van der Waals surface area contributed by atoms with E-state index >= 15 is 0 Å². The molecule has 112 valence electrons. The van der Waals surface area contributed by atoms with Crippen LogP contribution in [-0.2, 0) is 10.3 Å². The molecule has 1 atom stereocenters. The topological polar surface area (TPSA) is 84.6 Å². The molecule has 0 heterocycles. The van der Waals surface area contributed by atoms with Gasteiger partial charge in [0.1, 0.15) is 5.60 Å². The predicted molar refractivity (Wildman–Crippen MR) is 79.9 cm³/mol. The van der Waals surface area contributed by atoms with Crippen molar-refractivity contribution in [2.45, 2.75) is 38.9 Å². The Morgan fingerprint density at radius 1 is 1.40 bits per heavy atom. The Bertz CT molecular complexity index is 496. The zero-order valence-electron chi connectivity index (χ0n) is 12.2. The van der Waals surface area contributed by atoms with Crippen molar-refractivity contribution in [3.8, 4) is 0 Å². The van der Waals surface area contributed by atoms with Crippen molar-refractivity contribution in [1.29, 1.82) is 0 Å². The largest absolute Gasteiger partial charge is 0.444 e. The van der Waals surface area contributed by atoms with Crippen LogP contribution >= 0.6 is 11.6 Å². The third-order valence-electron chi connectivity index (χ3n) is 2.62. The van der Waals surface area contributed by atoms with E-state index in [-0.39, 0.29) is 6.54 Å². The molecule has 4 N–H and O–H groups in total. The highest BCUT2D eigenvalue weighted by molar-refractivity contribution is 6.33. The molecule has 1 amide bonds. The predicted octanol–water partition coefficient (Wildman–Crippen LogP) is 2.85. The van der Waals surface area contributed by atoms with Gasteiger partial charge in [0, 0.05) is 6.54 Å². The third-order valence-corrected chi connectivity index (χ3v) is 2.95. The van der Waals surface area contributed by atoms with E-state index in [0.29, 0.717) is 16.3 Å². The number of benzene rings is 1. The lowest BCUT2D eigenvalue weighted by Gasteiger charge is -2.23. The van der Waals surface area contributed by atoms with Crippen molar-refractivity contribution in [3.05, 3.63) is 28.8 Å². The second kappa shape index (κ2) is 5.99. The van der Waals surface area contributed by atoms with Gasteiger partial charge in [0.15, 0.2) is 0 Å². The van der Waals surface area contributed by atoms with E-state index in [0.717, 1.165) is 0 Å². The molecule has 0 aromatic heterocycles. The maximum atomic E-state index is 11.7. The fraction of sp³-hybridized carbons (Fsp3) is 0.500. The lowest BCUT2D eigenvalue weighted by molar-refractivity contribution is 0.0629. The lowest BCUT2D eigenvalue weighted by atomic mass is 9.96. The van der Waals surface area contributed by atoms with Crippen molar-refractivity contribution >= 4 is 23.4 Å². The van der Waals surface area contributed by atoms with Crippen LogP contribution in [0.5, 0.6) is 0 Å². The van der Waals surface area contributed by atoms with Crippen molar-refractivity contribution in [3.63, 3.8) is 0 Å². The summed E-state index contributed by atoms with van der Waals surface area (Å²) >= 11 is 6.02. The highest BCUT2D eigenvalue weighted by Gasteiger charge is 2.23. The smallest absolute Gasteiger partial charge is 0.412 e. The zero-order chi connectivity index (χ0) is 15.6. The molecule has 1 aromatic carbocycles. The van der Waals surface area contributed by atoms with Crippen LogP contribution in [0.15, 0.2) is 18.2 Å². The summed E-state index contributed by atoms with van der Waals surface area (Å²) in [4.78, 5) is 11.7. The maximum absolute atomic E-state index is 11.7. The summed E-state index contributed by atoms with van der Waals surface area (Å²) in [6.07, 6.45) is -0.607. The normalized spacial score (nSPS) is 14.6. The summed E-state index contributed by atoms with van der Waals surface area (Å²) in [5.74, 6) is 0. The van der Waals surface area contributed by atoms with Gasteiger partial charge in [-0.2, -0.15) is 0 Å². The van der Waals surface area contributed by atoms with Gasteiger partial charge in [0.2, 0.25) is 0 Å². The number of aliphatic hydroxyl groups is 1. The van der Waals surface area contributed by atoms with Crippen LogP contribution in [0.1, 0.15) is 33.3 Å². The first-order valence-electron chi connectivity index (χ1n) is 6.27. The molecule has 1 rings (SSSR count). The molecule has 1 unspecified atom stereocenters. The van der Waals surface area contributed by atoms with E-state index in [1.54, 1.807) is 45.9 Å². The van der Waals surface area contributed by atoms with E-state index < -0.39 is 17.3 Å². The summed E-state index contributed by atoms with van der Waals surface area (Å²) < 4.78 is 5.15. The van der Waals surface area contributed by atoms with E-state index in [2.05, 4.69) is 5.32 Å². The van der Waals surface area contributed by atoms with Gasteiger partial charge in [-0.1, -0.05) is 17.7 Å². The minimum absolute atomic E-state index is 0.0561. The van der Waals surface area contributed by atoms with Crippen LogP contribution < -0.4 is 11.1 Å². The number of rotatable bonds is 3. The van der Waals surface area contributed by atoms with Crippen LogP contribution in [0.25, 0.3) is 0 Å². The number of carbonyl (C=O) groups is 1. The molecule has 20 heavy (non-hydrogen) atoms. The number of hydrogen-bond donors (Lipinski definition) is 3. The molecular formula is C14H21ClN2O3. The Kier molecular flexibility index (Phi) is 5.02. The van der Waals surface area contributed by atoms with Gasteiger partial charge in [-0.05, 0) is 45.4 Å². The highest BCUT2D eigenvalue weighted by Crippen LogP contribution is 2.28. The molecule has 0 radical (unpaired) electrons. The fourth-order valence-corrected chi connectivity index (χ4v) is 1.65. The zero-order valence-corrected chi connectivity index (χ0v) is 12.9. The number of nitrogens with one attached hydrogen (secondary N) is 1. The number of halogens is 1. The summed E-state index contributed by atoms with van der Waals surface area (Å²) in [5.41, 5.74) is 4.66. The van der Waals surface area contributed by atoms with Gasteiger partial charge in [0.25, 0.3) is 0 Å². The summed E-state index contributed by atoms with van der Waals surface area (Å²) in [6, 6.07) is 4.84. The summed E-state index contributed by atoms with van der Waals surface area (Å²) in [6.45, 7) is 6.95. The van der Waals surface area contributed by atoms with E-state index in [1.165, 1.54) is 0 Å². The molecule has 0 aliphatic rings. The van der Waals surface area contributed by atoms with Gasteiger partial charge < -0.3 is 15.6 Å². The first-order chi connectivity index (χ1) is 9.05. The van der Waals surface area contributed by atoms with Crippen LogP contribution in [0.3, 0.4) is 0 Å². The Morgan fingerprint density at radius 2 is 2.00 bits per heavy atom. The van der Waals surface area contributed by atoms with Crippen LogP contribution in [0.4, 0.5) is 10.5 Å². The molecule has 6 heteroatoms. The first-order valence-corrected chi connectivity index (χ1v) is 6.65. The number of amides is 1. The van der Waals surface area contributed by atoms with E-state index in [9.17, 15) is 9.90 Å². The van der Waals surface area contributed by atoms with Crippen molar-refractivity contribution in [1.82, 2.24) is 0 Å². The quantitative estimate of drug-likeness (QED) is 0.801. The number of anilines is 1. The molecule has 0 aliphatic carbocycles. The second-order valence-corrected chi connectivity index (χ2v) is 6.21. The molecule has 0 saturated heterocycles. The summed E-state index contributed by atoms with van der Waals surface area (Å²) in [7, 11) is 0. The molecule has 0 fully saturated rings. The molecule has 0 saturated carbocycles. The van der Waals surface area contributed by atoms with Crippen LogP contribution in [0, 0.1) is 0 Å².